The Morgan fingerprint density at radius 2 is 2.11 bits per heavy atom. The Hall–Kier alpha value is -0.760. The standard InChI is InChI=1S/C7H6NS/c9-6-3-7-1-4-8-5-2-7/h1-2,4-5H,3H2. The molecule has 1 nitrogen and oxygen atoms in total. The lowest BCUT2D eigenvalue weighted by Gasteiger charge is -1.89. The molecule has 0 aliphatic heterocycles. The number of hydrogen-bond acceptors (Lipinski definition) is 2. The highest BCUT2D eigenvalue weighted by Gasteiger charge is 1.84. The van der Waals surface area contributed by atoms with E-state index in [0.29, 0.717) is 0 Å². The topological polar surface area (TPSA) is 12.9 Å². The summed E-state index contributed by atoms with van der Waals surface area (Å²) in [6.45, 7) is 0. The van der Waals surface area contributed by atoms with Gasteiger partial charge in [0.05, 0.1) is 0 Å². The fraction of sp³-hybridized carbons (Fsp3) is 0.143. The normalized spacial score (nSPS) is 8.89. The second-order valence-electron chi connectivity index (χ2n) is 1.68. The molecule has 0 amide bonds. The van der Waals surface area contributed by atoms with E-state index in [1.165, 1.54) is 5.56 Å². The molecule has 1 rings (SSSR count). The van der Waals surface area contributed by atoms with E-state index in [2.05, 4.69) is 22.6 Å². The fourth-order valence-corrected chi connectivity index (χ4v) is 0.751. The summed E-state index contributed by atoms with van der Waals surface area (Å²) in [4.78, 5) is 3.87. The van der Waals surface area contributed by atoms with Gasteiger partial charge in [-0.2, -0.15) is 0 Å². The zero-order valence-electron chi connectivity index (χ0n) is 4.87. The van der Waals surface area contributed by atoms with E-state index in [4.69, 9.17) is 0 Å². The van der Waals surface area contributed by atoms with Crippen LogP contribution in [0.15, 0.2) is 24.5 Å². The van der Waals surface area contributed by atoms with Crippen LogP contribution in [0, 0.1) is 0 Å². The van der Waals surface area contributed by atoms with Gasteiger partial charge in [-0.15, -0.1) is 0 Å². The molecular weight excluding hydrogens is 130 g/mol. The third-order valence-electron chi connectivity index (χ3n) is 1.03. The molecule has 0 bridgehead atoms. The lowest BCUT2D eigenvalue weighted by Crippen LogP contribution is -1.82. The van der Waals surface area contributed by atoms with Gasteiger partial charge in [-0.05, 0) is 17.7 Å². The van der Waals surface area contributed by atoms with Gasteiger partial charge in [0.2, 0.25) is 0 Å². The van der Waals surface area contributed by atoms with Gasteiger partial charge in [-0.25, -0.2) is 0 Å². The van der Waals surface area contributed by atoms with Crippen LogP contribution in [0.4, 0.5) is 0 Å². The molecule has 0 saturated carbocycles. The molecule has 1 aromatic heterocycles. The molecule has 0 unspecified atom stereocenters. The Kier molecular flexibility index (Phi) is 2.33. The van der Waals surface area contributed by atoms with Crippen molar-refractivity contribution < 1.29 is 0 Å². The van der Waals surface area contributed by atoms with Gasteiger partial charge >= 0.3 is 0 Å². The van der Waals surface area contributed by atoms with Crippen LogP contribution < -0.4 is 0 Å². The SMILES string of the molecule is S=[C]Cc1ccncc1. The van der Waals surface area contributed by atoms with Crippen molar-refractivity contribution in [2.45, 2.75) is 6.42 Å². The number of rotatable bonds is 2. The number of thiocarbonyl (C=S) groups is 1. The van der Waals surface area contributed by atoms with E-state index < -0.39 is 0 Å². The summed E-state index contributed by atoms with van der Waals surface area (Å²) >= 11 is 4.56. The van der Waals surface area contributed by atoms with E-state index in [0.717, 1.165) is 6.42 Å². The maximum Gasteiger partial charge on any atom is 0.0338 e. The van der Waals surface area contributed by atoms with Gasteiger partial charge in [-0.1, -0.05) is 12.2 Å². The van der Waals surface area contributed by atoms with Crippen molar-refractivity contribution >= 4 is 17.6 Å². The third kappa shape index (κ3) is 1.90. The van der Waals surface area contributed by atoms with E-state index in [-0.39, 0.29) is 0 Å². The molecule has 2 heteroatoms. The first kappa shape index (κ1) is 6.36. The molecule has 0 N–H and O–H groups in total. The summed E-state index contributed by atoms with van der Waals surface area (Å²) in [7, 11) is 0. The predicted octanol–water partition coefficient (Wildman–Crippen LogP) is 1.50. The minimum atomic E-state index is 0.734. The van der Waals surface area contributed by atoms with Crippen LogP contribution in [-0.4, -0.2) is 10.4 Å². The van der Waals surface area contributed by atoms with Crippen molar-refractivity contribution in [3.05, 3.63) is 30.1 Å². The van der Waals surface area contributed by atoms with Crippen molar-refractivity contribution in [2.75, 3.05) is 0 Å². The first-order chi connectivity index (χ1) is 4.43. The van der Waals surface area contributed by atoms with Crippen LogP contribution in [-0.2, 0) is 6.42 Å². The van der Waals surface area contributed by atoms with E-state index >= 15 is 0 Å². The molecule has 0 fully saturated rings. The van der Waals surface area contributed by atoms with Crippen LogP contribution in [0.25, 0.3) is 0 Å². The zero-order chi connectivity index (χ0) is 6.53. The molecule has 0 aliphatic rings. The summed E-state index contributed by atoms with van der Waals surface area (Å²) in [6, 6.07) is 3.86. The molecule has 0 atom stereocenters. The highest BCUT2D eigenvalue weighted by Crippen LogP contribution is 1.94. The summed E-state index contributed by atoms with van der Waals surface area (Å²) in [5.74, 6) is 0. The minimum absolute atomic E-state index is 0.734. The van der Waals surface area contributed by atoms with E-state index in [1.54, 1.807) is 12.4 Å². The van der Waals surface area contributed by atoms with Crippen LogP contribution in [0.2, 0.25) is 0 Å². The maximum absolute atomic E-state index is 4.56. The monoisotopic (exact) mass is 136 g/mol. The first-order valence-corrected chi connectivity index (χ1v) is 3.08. The number of pyridine rings is 1. The highest BCUT2D eigenvalue weighted by atomic mass is 32.1. The second kappa shape index (κ2) is 3.30. The van der Waals surface area contributed by atoms with Gasteiger partial charge < -0.3 is 0 Å². The molecular formula is C7H6NS. The van der Waals surface area contributed by atoms with Crippen molar-refractivity contribution in [2.24, 2.45) is 0 Å². The number of hydrogen-bond donors (Lipinski definition) is 0. The number of aromatic nitrogens is 1. The van der Waals surface area contributed by atoms with Crippen LogP contribution in [0.3, 0.4) is 0 Å². The molecule has 9 heavy (non-hydrogen) atoms. The first-order valence-electron chi connectivity index (χ1n) is 2.67. The van der Waals surface area contributed by atoms with Crippen LogP contribution >= 0.6 is 12.2 Å². The molecule has 0 spiro atoms. The molecule has 0 aliphatic carbocycles. The fourth-order valence-electron chi connectivity index (χ4n) is 0.584. The largest absolute Gasteiger partial charge is 0.265 e. The van der Waals surface area contributed by atoms with Crippen molar-refractivity contribution in [3.63, 3.8) is 0 Å². The van der Waals surface area contributed by atoms with E-state index in [9.17, 15) is 0 Å². The predicted molar refractivity (Wildman–Crippen MR) is 40.5 cm³/mol. The smallest absolute Gasteiger partial charge is 0.0338 e. The van der Waals surface area contributed by atoms with Gasteiger partial charge in [0.1, 0.15) is 0 Å². The van der Waals surface area contributed by atoms with Crippen molar-refractivity contribution in [1.82, 2.24) is 4.98 Å². The van der Waals surface area contributed by atoms with Gasteiger partial charge in [0.15, 0.2) is 0 Å². The molecule has 1 radical (unpaired) electrons. The summed E-state index contributed by atoms with van der Waals surface area (Å²) < 4.78 is 0. The second-order valence-corrected chi connectivity index (χ2v) is 1.97. The molecule has 1 aromatic rings. The summed E-state index contributed by atoms with van der Waals surface area (Å²) in [6.07, 6.45) is 4.24. The van der Waals surface area contributed by atoms with Gasteiger partial charge in [0.25, 0.3) is 0 Å². The Bertz CT molecular complexity index is 183. The molecule has 1 heterocycles. The van der Waals surface area contributed by atoms with E-state index in [1.807, 2.05) is 12.1 Å². The molecule has 0 saturated heterocycles. The van der Waals surface area contributed by atoms with Crippen LogP contribution in [0.5, 0.6) is 0 Å². The lowest BCUT2D eigenvalue weighted by molar-refractivity contribution is 1.26. The van der Waals surface area contributed by atoms with Crippen LogP contribution in [0.1, 0.15) is 5.56 Å². The summed E-state index contributed by atoms with van der Waals surface area (Å²) in [5, 5.41) is 2.64. The Labute approximate surface area is 59.7 Å². The molecule has 45 valence electrons. The lowest BCUT2D eigenvalue weighted by atomic mass is 10.2. The zero-order valence-corrected chi connectivity index (χ0v) is 5.69. The Morgan fingerprint density at radius 3 is 2.67 bits per heavy atom. The Balaban J connectivity index is 2.72. The van der Waals surface area contributed by atoms with Gasteiger partial charge in [0, 0.05) is 24.2 Å². The average Bonchev–Trinajstić information content (AvgIpc) is 1.91. The maximum atomic E-state index is 4.56. The average molecular weight is 136 g/mol. The third-order valence-corrected chi connectivity index (χ3v) is 1.17. The Morgan fingerprint density at radius 1 is 1.44 bits per heavy atom. The van der Waals surface area contributed by atoms with Crippen molar-refractivity contribution in [3.8, 4) is 0 Å². The van der Waals surface area contributed by atoms with Crippen molar-refractivity contribution in [1.29, 1.82) is 0 Å². The highest BCUT2D eigenvalue weighted by molar-refractivity contribution is 7.78. The number of nitrogens with zero attached hydrogens (tertiary/aromatic N) is 1. The summed E-state index contributed by atoms with van der Waals surface area (Å²) in [5.41, 5.74) is 1.17. The quantitative estimate of drug-likeness (QED) is 0.571. The minimum Gasteiger partial charge on any atom is -0.265 e. The van der Waals surface area contributed by atoms with Gasteiger partial charge in [-0.3, -0.25) is 4.98 Å². The molecule has 0 aromatic carbocycles.